The van der Waals surface area contributed by atoms with Crippen LogP contribution in [0.4, 0.5) is 5.82 Å². The molecule has 6 heteroatoms. The van der Waals surface area contributed by atoms with E-state index >= 15 is 0 Å². The van der Waals surface area contributed by atoms with Gasteiger partial charge in [0.05, 0.1) is 12.5 Å². The Labute approximate surface area is 164 Å². The van der Waals surface area contributed by atoms with Crippen LogP contribution in [0.15, 0.2) is 77.5 Å². The molecule has 0 aliphatic heterocycles. The van der Waals surface area contributed by atoms with Crippen LogP contribution in [0, 0.1) is 0 Å². The minimum atomic E-state index is -0.464. The molecule has 2 amide bonds. The molecule has 0 bridgehead atoms. The number of amides is 2. The van der Waals surface area contributed by atoms with Crippen LogP contribution >= 0.6 is 0 Å². The molecule has 1 N–H and O–H groups in total. The third kappa shape index (κ3) is 4.85. The van der Waals surface area contributed by atoms with Crippen molar-refractivity contribution in [3.8, 4) is 0 Å². The van der Waals surface area contributed by atoms with Gasteiger partial charge in [0.1, 0.15) is 6.26 Å². The number of benzene rings is 2. The molecule has 6 nitrogen and oxygen atoms in total. The maximum absolute atomic E-state index is 13.5. The quantitative estimate of drug-likeness (QED) is 0.650. The summed E-state index contributed by atoms with van der Waals surface area (Å²) in [5, 5.41) is 6.32. The highest BCUT2D eigenvalue weighted by atomic mass is 16.5. The van der Waals surface area contributed by atoms with Gasteiger partial charge in [-0.05, 0) is 17.5 Å². The van der Waals surface area contributed by atoms with Gasteiger partial charge in [0.15, 0.2) is 5.82 Å². The highest BCUT2D eigenvalue weighted by Crippen LogP contribution is 2.27. The van der Waals surface area contributed by atoms with Crippen molar-refractivity contribution in [2.45, 2.75) is 19.3 Å². The molecule has 0 saturated heterocycles. The van der Waals surface area contributed by atoms with Crippen LogP contribution in [0.5, 0.6) is 0 Å². The lowest BCUT2D eigenvalue weighted by Crippen LogP contribution is -2.41. The molecule has 0 spiro atoms. The Kier molecular flexibility index (Phi) is 6.57. The van der Waals surface area contributed by atoms with Gasteiger partial charge in [0.2, 0.25) is 11.8 Å². The third-order valence-corrected chi connectivity index (χ3v) is 4.36. The van der Waals surface area contributed by atoms with Crippen molar-refractivity contribution in [1.29, 1.82) is 0 Å². The van der Waals surface area contributed by atoms with Gasteiger partial charge < -0.3 is 14.7 Å². The number of aromatic nitrogens is 1. The van der Waals surface area contributed by atoms with Crippen LogP contribution in [0.25, 0.3) is 0 Å². The first-order valence-corrected chi connectivity index (χ1v) is 9.28. The van der Waals surface area contributed by atoms with Gasteiger partial charge in [0, 0.05) is 12.6 Å². The number of anilines is 1. The number of nitrogens with zero attached hydrogens (tertiary/aromatic N) is 2. The predicted molar refractivity (Wildman–Crippen MR) is 107 cm³/mol. The smallest absolute Gasteiger partial charge is 0.245 e. The molecule has 28 heavy (non-hydrogen) atoms. The van der Waals surface area contributed by atoms with Crippen molar-refractivity contribution >= 4 is 17.6 Å². The zero-order valence-electron chi connectivity index (χ0n) is 15.7. The molecule has 0 unspecified atom stereocenters. The largest absolute Gasteiger partial charge is 0.363 e. The summed E-state index contributed by atoms with van der Waals surface area (Å²) < 4.78 is 4.72. The maximum atomic E-state index is 13.5. The van der Waals surface area contributed by atoms with Crippen molar-refractivity contribution in [3.63, 3.8) is 0 Å². The summed E-state index contributed by atoms with van der Waals surface area (Å²) in [6.45, 7) is 2.42. The lowest BCUT2D eigenvalue weighted by Gasteiger charge is -2.27. The Morgan fingerprint density at radius 2 is 1.61 bits per heavy atom. The Hall–Kier alpha value is -3.41. The first-order chi connectivity index (χ1) is 13.7. The number of hydrogen-bond donors (Lipinski definition) is 1. The molecule has 0 aliphatic carbocycles. The number of nitrogens with one attached hydrogen (secondary N) is 1. The van der Waals surface area contributed by atoms with Gasteiger partial charge in [-0.3, -0.25) is 9.59 Å². The summed E-state index contributed by atoms with van der Waals surface area (Å²) in [5.41, 5.74) is 1.80. The SMILES string of the molecule is CCCN(CC(=O)Nc1ccon1)C(=O)C(c1ccccc1)c1ccccc1. The minimum absolute atomic E-state index is 0.0459. The molecule has 3 rings (SSSR count). The van der Waals surface area contributed by atoms with E-state index < -0.39 is 5.92 Å². The number of carbonyl (C=O) groups is 2. The fourth-order valence-electron chi connectivity index (χ4n) is 3.12. The van der Waals surface area contributed by atoms with Crippen LogP contribution < -0.4 is 5.32 Å². The van der Waals surface area contributed by atoms with Crippen molar-refractivity contribution in [2.24, 2.45) is 0 Å². The van der Waals surface area contributed by atoms with E-state index in [1.165, 1.54) is 6.26 Å². The van der Waals surface area contributed by atoms with Crippen molar-refractivity contribution < 1.29 is 14.1 Å². The van der Waals surface area contributed by atoms with Gasteiger partial charge in [-0.2, -0.15) is 0 Å². The fourth-order valence-corrected chi connectivity index (χ4v) is 3.12. The Balaban J connectivity index is 1.84. The van der Waals surface area contributed by atoms with E-state index in [1.807, 2.05) is 67.6 Å². The number of carbonyl (C=O) groups excluding carboxylic acids is 2. The second-order valence-corrected chi connectivity index (χ2v) is 6.45. The van der Waals surface area contributed by atoms with E-state index in [1.54, 1.807) is 11.0 Å². The molecule has 3 aromatic rings. The maximum Gasteiger partial charge on any atom is 0.245 e. The van der Waals surface area contributed by atoms with E-state index in [0.29, 0.717) is 12.4 Å². The highest BCUT2D eigenvalue weighted by molar-refractivity contribution is 5.95. The summed E-state index contributed by atoms with van der Waals surface area (Å²) in [4.78, 5) is 27.5. The van der Waals surface area contributed by atoms with E-state index in [9.17, 15) is 9.59 Å². The second kappa shape index (κ2) is 9.50. The molecule has 0 fully saturated rings. The number of rotatable bonds is 8. The average molecular weight is 377 g/mol. The van der Waals surface area contributed by atoms with Gasteiger partial charge >= 0.3 is 0 Å². The van der Waals surface area contributed by atoms with Gasteiger partial charge in [-0.1, -0.05) is 72.7 Å². The molecular weight excluding hydrogens is 354 g/mol. The molecule has 0 radical (unpaired) electrons. The second-order valence-electron chi connectivity index (χ2n) is 6.45. The monoisotopic (exact) mass is 377 g/mol. The van der Waals surface area contributed by atoms with Crippen LogP contribution in [-0.4, -0.2) is 35.0 Å². The van der Waals surface area contributed by atoms with Crippen LogP contribution in [0.2, 0.25) is 0 Å². The topological polar surface area (TPSA) is 75.4 Å². The van der Waals surface area contributed by atoms with E-state index in [4.69, 9.17) is 4.52 Å². The molecular formula is C22H23N3O3. The van der Waals surface area contributed by atoms with Gasteiger partial charge in [-0.25, -0.2) is 0 Å². The lowest BCUT2D eigenvalue weighted by molar-refractivity contribution is -0.135. The van der Waals surface area contributed by atoms with Crippen molar-refractivity contribution in [2.75, 3.05) is 18.4 Å². The average Bonchev–Trinajstić information content (AvgIpc) is 3.22. The van der Waals surface area contributed by atoms with Crippen LogP contribution in [-0.2, 0) is 9.59 Å². The van der Waals surface area contributed by atoms with Gasteiger partial charge in [0.25, 0.3) is 0 Å². The normalized spacial score (nSPS) is 10.6. The van der Waals surface area contributed by atoms with Crippen LogP contribution in [0.1, 0.15) is 30.4 Å². The summed E-state index contributed by atoms with van der Waals surface area (Å²) in [6, 6.07) is 20.8. The molecule has 0 aliphatic rings. The summed E-state index contributed by atoms with van der Waals surface area (Å²) in [5.74, 6) is -0.546. The van der Waals surface area contributed by atoms with Gasteiger partial charge in [-0.15, -0.1) is 0 Å². The Bertz CT molecular complexity index is 840. The molecule has 1 heterocycles. The number of hydrogen-bond acceptors (Lipinski definition) is 4. The van der Waals surface area contributed by atoms with Crippen LogP contribution in [0.3, 0.4) is 0 Å². The van der Waals surface area contributed by atoms with Crippen molar-refractivity contribution in [3.05, 3.63) is 84.1 Å². The standard InChI is InChI=1S/C22H23N3O3/c1-2-14-25(16-20(26)23-19-13-15-28-24-19)22(27)21(17-9-5-3-6-10-17)18-11-7-4-8-12-18/h3-13,15,21H,2,14,16H2,1H3,(H,23,24,26). The minimum Gasteiger partial charge on any atom is -0.363 e. The molecule has 0 saturated carbocycles. The summed E-state index contributed by atoms with van der Waals surface area (Å²) >= 11 is 0. The summed E-state index contributed by atoms with van der Waals surface area (Å²) in [6.07, 6.45) is 2.13. The van der Waals surface area contributed by atoms with E-state index in [0.717, 1.165) is 17.5 Å². The Morgan fingerprint density at radius 3 is 2.11 bits per heavy atom. The predicted octanol–water partition coefficient (Wildman–Crippen LogP) is 3.68. The fraction of sp³-hybridized carbons (Fsp3) is 0.227. The molecule has 1 aromatic heterocycles. The first-order valence-electron chi connectivity index (χ1n) is 9.28. The summed E-state index contributed by atoms with van der Waals surface area (Å²) in [7, 11) is 0. The zero-order valence-corrected chi connectivity index (χ0v) is 15.7. The third-order valence-electron chi connectivity index (χ3n) is 4.36. The van der Waals surface area contributed by atoms with E-state index in [2.05, 4.69) is 10.5 Å². The van der Waals surface area contributed by atoms with Crippen molar-refractivity contribution in [1.82, 2.24) is 10.1 Å². The molecule has 2 aromatic carbocycles. The lowest BCUT2D eigenvalue weighted by atomic mass is 9.90. The van der Waals surface area contributed by atoms with E-state index in [-0.39, 0.29) is 18.4 Å². The zero-order chi connectivity index (χ0) is 19.8. The highest BCUT2D eigenvalue weighted by Gasteiger charge is 2.28. The first kappa shape index (κ1) is 19.4. The molecule has 0 atom stereocenters. The molecule has 144 valence electrons. The Morgan fingerprint density at radius 1 is 1.00 bits per heavy atom.